The van der Waals surface area contributed by atoms with Crippen LogP contribution in [0.1, 0.15) is 17.3 Å². The molecule has 0 aliphatic heterocycles. The van der Waals surface area contributed by atoms with Gasteiger partial charge in [-0.1, -0.05) is 30.3 Å². The van der Waals surface area contributed by atoms with Crippen molar-refractivity contribution in [1.82, 2.24) is 4.98 Å². The first-order valence-electron chi connectivity index (χ1n) is 5.17. The Kier molecular flexibility index (Phi) is 3.56. The molecule has 0 aliphatic carbocycles. The molecule has 3 nitrogen and oxygen atoms in total. The smallest absolute Gasteiger partial charge is 0.269 e. The van der Waals surface area contributed by atoms with Gasteiger partial charge in [-0.2, -0.15) is 0 Å². The molecule has 5 heteroatoms. The predicted octanol–water partition coefficient (Wildman–Crippen LogP) is 3.47. The van der Waals surface area contributed by atoms with E-state index in [4.69, 9.17) is 23.9 Å². The highest BCUT2D eigenvalue weighted by atomic mass is 35.5. The van der Waals surface area contributed by atoms with Crippen LogP contribution in [-0.4, -0.2) is 4.98 Å². The summed E-state index contributed by atoms with van der Waals surface area (Å²) in [5.74, 6) is -0.216. The van der Waals surface area contributed by atoms with Gasteiger partial charge >= 0.3 is 0 Å². The molecule has 1 unspecified atom stereocenters. The number of hydrogen-bond donors (Lipinski definition) is 1. The molecule has 1 aromatic heterocycles. The Bertz CT molecular complexity index is 622. The Morgan fingerprint density at radius 2 is 2.11 bits per heavy atom. The first-order valence-corrected chi connectivity index (χ1v) is 5.54. The first-order chi connectivity index (χ1) is 8.61. The van der Waals surface area contributed by atoms with Crippen molar-refractivity contribution in [3.63, 3.8) is 0 Å². The summed E-state index contributed by atoms with van der Waals surface area (Å²) in [6.45, 7) is 6.90. The van der Waals surface area contributed by atoms with Crippen molar-refractivity contribution in [2.24, 2.45) is 5.73 Å². The highest BCUT2D eigenvalue weighted by Crippen LogP contribution is 2.24. The molecule has 0 radical (unpaired) electrons. The van der Waals surface area contributed by atoms with Gasteiger partial charge in [0.15, 0.2) is 5.69 Å². The standard InChI is InChI=1S/C13H9ClFN3/c1-17-12-4-2-3-11(18-12)13(16)8-5-6-10(15)9(14)7-8/h2-7,13H,16H2. The molecule has 90 valence electrons. The predicted molar refractivity (Wildman–Crippen MR) is 67.9 cm³/mol. The number of aromatic nitrogens is 1. The Hall–Kier alpha value is -1.96. The van der Waals surface area contributed by atoms with Gasteiger partial charge in [0, 0.05) is 0 Å². The maximum atomic E-state index is 13.1. The largest absolute Gasteiger partial charge is 0.361 e. The van der Waals surface area contributed by atoms with E-state index in [0.29, 0.717) is 11.3 Å². The van der Waals surface area contributed by atoms with Crippen LogP contribution in [0.4, 0.5) is 10.2 Å². The SMILES string of the molecule is [C-]#[N+]c1cccc(C(N)c2ccc(F)c(Cl)c2)n1. The van der Waals surface area contributed by atoms with Crippen LogP contribution < -0.4 is 5.73 Å². The van der Waals surface area contributed by atoms with Crippen molar-refractivity contribution < 1.29 is 4.39 Å². The summed E-state index contributed by atoms with van der Waals surface area (Å²) in [5, 5.41) is 0.0179. The number of halogens is 2. The quantitative estimate of drug-likeness (QED) is 0.841. The second-order valence-electron chi connectivity index (χ2n) is 3.68. The van der Waals surface area contributed by atoms with Gasteiger partial charge in [-0.15, -0.1) is 4.98 Å². The lowest BCUT2D eigenvalue weighted by Crippen LogP contribution is -2.13. The van der Waals surface area contributed by atoms with Crippen molar-refractivity contribution in [2.75, 3.05) is 0 Å². The molecule has 0 saturated carbocycles. The molecule has 0 spiro atoms. The lowest BCUT2D eigenvalue weighted by atomic mass is 10.0. The summed E-state index contributed by atoms with van der Waals surface area (Å²) in [7, 11) is 0. The number of nitrogens with zero attached hydrogens (tertiary/aromatic N) is 2. The maximum Gasteiger partial charge on any atom is 0.269 e. The molecular weight excluding hydrogens is 253 g/mol. The fourth-order valence-corrected chi connectivity index (χ4v) is 1.74. The van der Waals surface area contributed by atoms with E-state index < -0.39 is 11.9 Å². The highest BCUT2D eigenvalue weighted by molar-refractivity contribution is 6.30. The molecule has 1 atom stereocenters. The number of rotatable bonds is 2. The lowest BCUT2D eigenvalue weighted by molar-refractivity contribution is 0.626. The van der Waals surface area contributed by atoms with Gasteiger partial charge in [0.25, 0.3) is 5.82 Å². The summed E-state index contributed by atoms with van der Waals surface area (Å²) < 4.78 is 13.1. The van der Waals surface area contributed by atoms with Crippen LogP contribution in [0.2, 0.25) is 5.02 Å². The Balaban J connectivity index is 2.38. The van der Waals surface area contributed by atoms with Crippen LogP contribution in [0, 0.1) is 12.4 Å². The van der Waals surface area contributed by atoms with E-state index in [1.807, 2.05) is 0 Å². The average molecular weight is 262 g/mol. The van der Waals surface area contributed by atoms with Crippen LogP contribution in [0.15, 0.2) is 36.4 Å². The van der Waals surface area contributed by atoms with E-state index in [1.165, 1.54) is 12.1 Å². The fraction of sp³-hybridized carbons (Fsp3) is 0.0769. The summed E-state index contributed by atoms with van der Waals surface area (Å²) in [6, 6.07) is 8.77. The normalized spacial score (nSPS) is 11.9. The molecule has 1 heterocycles. The van der Waals surface area contributed by atoms with Crippen LogP contribution in [0.25, 0.3) is 4.85 Å². The molecule has 0 amide bonds. The Morgan fingerprint density at radius 1 is 1.33 bits per heavy atom. The minimum absolute atomic E-state index is 0.0179. The molecule has 0 bridgehead atoms. The van der Waals surface area contributed by atoms with Gasteiger partial charge in [-0.05, 0) is 29.8 Å². The van der Waals surface area contributed by atoms with Gasteiger partial charge in [-0.3, -0.25) is 0 Å². The molecule has 0 aliphatic rings. The van der Waals surface area contributed by atoms with E-state index >= 15 is 0 Å². The second kappa shape index (κ2) is 5.13. The summed E-state index contributed by atoms with van der Waals surface area (Å²) in [4.78, 5) is 7.34. The third-order valence-corrected chi connectivity index (χ3v) is 2.78. The fourth-order valence-electron chi connectivity index (χ4n) is 1.55. The summed E-state index contributed by atoms with van der Waals surface area (Å²) in [6.07, 6.45) is 0. The number of hydrogen-bond acceptors (Lipinski definition) is 2. The maximum absolute atomic E-state index is 13.1. The average Bonchev–Trinajstić information content (AvgIpc) is 2.41. The van der Waals surface area contributed by atoms with E-state index in [2.05, 4.69) is 9.83 Å². The van der Waals surface area contributed by atoms with Crippen LogP contribution >= 0.6 is 11.6 Å². The highest BCUT2D eigenvalue weighted by Gasteiger charge is 2.15. The van der Waals surface area contributed by atoms with Gasteiger partial charge < -0.3 is 10.6 Å². The van der Waals surface area contributed by atoms with E-state index in [9.17, 15) is 4.39 Å². The number of nitrogens with two attached hydrogens (primary N) is 1. The van der Waals surface area contributed by atoms with Crippen LogP contribution in [0.3, 0.4) is 0 Å². The number of benzene rings is 1. The number of pyridine rings is 1. The molecule has 0 fully saturated rings. The van der Waals surface area contributed by atoms with Gasteiger partial charge in [0.2, 0.25) is 0 Å². The van der Waals surface area contributed by atoms with E-state index in [0.717, 1.165) is 0 Å². The van der Waals surface area contributed by atoms with Crippen molar-refractivity contribution in [3.05, 3.63) is 69.9 Å². The monoisotopic (exact) mass is 261 g/mol. The van der Waals surface area contributed by atoms with E-state index in [1.54, 1.807) is 24.3 Å². The third-order valence-electron chi connectivity index (χ3n) is 2.49. The van der Waals surface area contributed by atoms with Crippen molar-refractivity contribution in [3.8, 4) is 0 Å². The zero-order chi connectivity index (χ0) is 13.1. The zero-order valence-electron chi connectivity index (χ0n) is 9.27. The molecule has 2 N–H and O–H groups in total. The van der Waals surface area contributed by atoms with E-state index in [-0.39, 0.29) is 10.8 Å². The molecule has 2 aromatic rings. The molecule has 1 aromatic carbocycles. The minimum Gasteiger partial charge on any atom is -0.361 e. The summed E-state index contributed by atoms with van der Waals surface area (Å²) >= 11 is 5.70. The van der Waals surface area contributed by atoms with Crippen molar-refractivity contribution in [1.29, 1.82) is 0 Å². The van der Waals surface area contributed by atoms with Crippen molar-refractivity contribution in [2.45, 2.75) is 6.04 Å². The summed E-state index contributed by atoms with van der Waals surface area (Å²) in [5.41, 5.74) is 7.21. The van der Waals surface area contributed by atoms with Gasteiger partial charge in [0.05, 0.1) is 11.1 Å². The minimum atomic E-state index is -0.537. The first kappa shape index (κ1) is 12.5. The third kappa shape index (κ3) is 2.48. The molecular formula is C13H9ClFN3. The molecule has 0 saturated heterocycles. The van der Waals surface area contributed by atoms with Crippen LogP contribution in [-0.2, 0) is 0 Å². The second-order valence-corrected chi connectivity index (χ2v) is 4.09. The van der Waals surface area contributed by atoms with Gasteiger partial charge in [0.1, 0.15) is 5.82 Å². The van der Waals surface area contributed by atoms with Crippen LogP contribution in [0.5, 0.6) is 0 Å². The lowest BCUT2D eigenvalue weighted by Gasteiger charge is -2.09. The van der Waals surface area contributed by atoms with Crippen molar-refractivity contribution >= 4 is 17.4 Å². The molecule has 2 rings (SSSR count). The Morgan fingerprint density at radius 3 is 2.78 bits per heavy atom. The zero-order valence-corrected chi connectivity index (χ0v) is 10.0. The topological polar surface area (TPSA) is 43.3 Å². The van der Waals surface area contributed by atoms with Gasteiger partial charge in [-0.25, -0.2) is 4.39 Å². The Labute approximate surface area is 109 Å². The molecule has 18 heavy (non-hydrogen) atoms.